The van der Waals surface area contributed by atoms with E-state index >= 15 is 0 Å². The number of hydrogen-bond donors (Lipinski definition) is 2. The number of H-pyrrole nitrogens is 1. The molecule has 0 bridgehead atoms. The van der Waals surface area contributed by atoms with Crippen LogP contribution in [0.15, 0.2) is 42.5 Å². The van der Waals surface area contributed by atoms with Gasteiger partial charge in [0.25, 0.3) is 0 Å². The molecule has 3 rings (SSSR count). The van der Waals surface area contributed by atoms with Gasteiger partial charge in [-0.2, -0.15) is 13.2 Å². The van der Waals surface area contributed by atoms with Gasteiger partial charge in [0, 0.05) is 34.1 Å². The zero-order chi connectivity index (χ0) is 23.0. The molecule has 0 saturated carbocycles. The highest BCUT2D eigenvalue weighted by Crippen LogP contribution is 2.45. The SMILES string of the molecule is COc1ccc(F)cc1C(C)(C)CC(O)(Cc1cc2cc(C=O)ccc2[nH]1)C(F)(F)F. The molecule has 0 saturated heterocycles. The lowest BCUT2D eigenvalue weighted by atomic mass is 9.73. The van der Waals surface area contributed by atoms with E-state index < -0.39 is 35.9 Å². The second-order valence-corrected chi connectivity index (χ2v) is 8.37. The normalized spacial score (nSPS) is 14.5. The Morgan fingerprint density at radius 3 is 2.42 bits per heavy atom. The van der Waals surface area contributed by atoms with Crippen molar-refractivity contribution in [2.24, 2.45) is 0 Å². The van der Waals surface area contributed by atoms with Crippen molar-refractivity contribution in [3.8, 4) is 5.75 Å². The number of carbonyl (C=O) groups excluding carboxylic acids is 1. The molecular formula is C23H23F4NO3. The summed E-state index contributed by atoms with van der Waals surface area (Å²) >= 11 is 0. The third-order valence-electron chi connectivity index (χ3n) is 5.47. The number of aliphatic hydroxyl groups is 1. The fourth-order valence-electron chi connectivity index (χ4n) is 3.99. The van der Waals surface area contributed by atoms with Gasteiger partial charge in [0.05, 0.1) is 7.11 Å². The molecule has 2 N–H and O–H groups in total. The molecule has 0 aliphatic rings. The number of aromatic amines is 1. The Bertz CT molecular complexity index is 1100. The predicted octanol–water partition coefficient (Wildman–Crippen LogP) is 5.33. The zero-order valence-electron chi connectivity index (χ0n) is 17.3. The fourth-order valence-corrected chi connectivity index (χ4v) is 3.99. The summed E-state index contributed by atoms with van der Waals surface area (Å²) in [5, 5.41) is 11.4. The molecule has 0 aliphatic heterocycles. The topological polar surface area (TPSA) is 62.3 Å². The van der Waals surface area contributed by atoms with Crippen molar-refractivity contribution >= 4 is 17.2 Å². The maximum Gasteiger partial charge on any atom is 0.417 e. The molecule has 166 valence electrons. The number of rotatable bonds is 7. The number of nitrogens with one attached hydrogen (secondary N) is 1. The van der Waals surface area contributed by atoms with Crippen LogP contribution in [-0.2, 0) is 11.8 Å². The van der Waals surface area contributed by atoms with Crippen LogP contribution in [0.5, 0.6) is 5.75 Å². The summed E-state index contributed by atoms with van der Waals surface area (Å²) in [6, 6.07) is 9.81. The summed E-state index contributed by atoms with van der Waals surface area (Å²) in [6.45, 7) is 3.01. The molecule has 31 heavy (non-hydrogen) atoms. The van der Waals surface area contributed by atoms with Crippen LogP contribution in [0.2, 0.25) is 0 Å². The Labute approximate surface area is 176 Å². The first-order valence-electron chi connectivity index (χ1n) is 9.58. The van der Waals surface area contributed by atoms with Crippen LogP contribution in [0.3, 0.4) is 0 Å². The molecule has 2 aromatic carbocycles. The van der Waals surface area contributed by atoms with E-state index in [0.717, 1.165) is 12.1 Å². The Morgan fingerprint density at radius 1 is 1.10 bits per heavy atom. The lowest BCUT2D eigenvalue weighted by Gasteiger charge is -2.38. The Hall–Kier alpha value is -2.87. The number of aromatic nitrogens is 1. The van der Waals surface area contributed by atoms with Crippen LogP contribution in [0.4, 0.5) is 17.6 Å². The molecule has 8 heteroatoms. The molecular weight excluding hydrogens is 414 g/mol. The average molecular weight is 437 g/mol. The standard InChI is InChI=1S/C23H23F4NO3/c1-21(2,18-10-16(24)5-7-20(18)31-3)13-22(30,23(25,26)27)11-17-9-15-8-14(12-29)4-6-19(15)28-17/h4-10,12,28,30H,11,13H2,1-3H3. The number of alkyl halides is 3. The van der Waals surface area contributed by atoms with Gasteiger partial charge >= 0.3 is 6.18 Å². The minimum atomic E-state index is -4.95. The molecule has 0 radical (unpaired) electrons. The molecule has 0 spiro atoms. The van der Waals surface area contributed by atoms with Crippen molar-refractivity contribution in [2.75, 3.05) is 7.11 Å². The van der Waals surface area contributed by atoms with Gasteiger partial charge in [0.1, 0.15) is 17.9 Å². The molecule has 4 nitrogen and oxygen atoms in total. The van der Waals surface area contributed by atoms with Crippen molar-refractivity contribution in [2.45, 2.75) is 43.9 Å². The second kappa shape index (κ2) is 8.00. The van der Waals surface area contributed by atoms with Gasteiger partial charge in [-0.15, -0.1) is 0 Å². The van der Waals surface area contributed by atoms with Crippen LogP contribution in [-0.4, -0.2) is 35.3 Å². The zero-order valence-corrected chi connectivity index (χ0v) is 17.3. The van der Waals surface area contributed by atoms with Gasteiger partial charge in [-0.05, 0) is 54.3 Å². The minimum absolute atomic E-state index is 0.167. The number of benzene rings is 2. The molecule has 1 atom stereocenters. The van der Waals surface area contributed by atoms with Crippen molar-refractivity contribution < 1.29 is 32.2 Å². The second-order valence-electron chi connectivity index (χ2n) is 8.37. The quantitative estimate of drug-likeness (QED) is 0.388. The molecule has 1 heterocycles. The van der Waals surface area contributed by atoms with Crippen molar-refractivity contribution in [3.05, 3.63) is 65.1 Å². The number of aldehydes is 1. The van der Waals surface area contributed by atoms with Crippen molar-refractivity contribution in [3.63, 3.8) is 0 Å². The number of fused-ring (bicyclic) bond motifs is 1. The number of carbonyl (C=O) groups is 1. The Morgan fingerprint density at radius 2 is 1.81 bits per heavy atom. The molecule has 0 amide bonds. The van der Waals surface area contributed by atoms with Crippen LogP contribution < -0.4 is 4.74 Å². The summed E-state index contributed by atoms with van der Waals surface area (Å²) in [5.74, 6) is -0.371. The molecule has 1 aromatic heterocycles. The lowest BCUT2D eigenvalue weighted by Crippen LogP contribution is -2.51. The number of methoxy groups -OCH3 is 1. The van der Waals surface area contributed by atoms with Crippen molar-refractivity contribution in [1.82, 2.24) is 4.98 Å². The van der Waals surface area contributed by atoms with Gasteiger partial charge in [-0.1, -0.05) is 13.8 Å². The van der Waals surface area contributed by atoms with Gasteiger partial charge < -0.3 is 14.8 Å². The lowest BCUT2D eigenvalue weighted by molar-refractivity contribution is -0.266. The first-order chi connectivity index (χ1) is 14.4. The monoisotopic (exact) mass is 437 g/mol. The molecule has 1 unspecified atom stereocenters. The van der Waals surface area contributed by atoms with E-state index in [2.05, 4.69) is 4.98 Å². The molecule has 0 aliphatic carbocycles. The first-order valence-corrected chi connectivity index (χ1v) is 9.58. The predicted molar refractivity (Wildman–Crippen MR) is 109 cm³/mol. The summed E-state index contributed by atoms with van der Waals surface area (Å²) in [6.07, 6.45) is -5.76. The summed E-state index contributed by atoms with van der Waals surface area (Å²) in [7, 11) is 1.35. The van der Waals surface area contributed by atoms with E-state index in [9.17, 15) is 27.5 Å². The van der Waals surface area contributed by atoms with E-state index in [0.29, 0.717) is 22.8 Å². The number of hydrogen-bond acceptors (Lipinski definition) is 3. The summed E-state index contributed by atoms with van der Waals surface area (Å²) in [5.41, 5.74) is -3.03. The van der Waals surface area contributed by atoms with Gasteiger partial charge in [0.2, 0.25) is 0 Å². The molecule has 0 fully saturated rings. The molecule has 3 aromatic rings. The van der Waals surface area contributed by atoms with Gasteiger partial charge in [0.15, 0.2) is 5.60 Å². The maximum absolute atomic E-state index is 14.1. The highest BCUT2D eigenvalue weighted by atomic mass is 19.4. The Balaban J connectivity index is 1.99. The van der Waals surface area contributed by atoms with E-state index in [1.807, 2.05) is 0 Å². The first kappa shape index (κ1) is 22.8. The van der Waals surface area contributed by atoms with Crippen LogP contribution in [0, 0.1) is 5.82 Å². The fraction of sp³-hybridized carbons (Fsp3) is 0.348. The van der Waals surface area contributed by atoms with E-state index in [-0.39, 0.29) is 17.0 Å². The summed E-state index contributed by atoms with van der Waals surface area (Å²) in [4.78, 5) is 13.8. The highest BCUT2D eigenvalue weighted by Gasteiger charge is 2.56. The van der Waals surface area contributed by atoms with Crippen LogP contribution in [0.1, 0.15) is 41.9 Å². The van der Waals surface area contributed by atoms with Gasteiger partial charge in [-0.3, -0.25) is 4.79 Å². The summed E-state index contributed by atoms with van der Waals surface area (Å²) < 4.78 is 61.2. The Kier molecular flexibility index (Phi) is 5.88. The van der Waals surface area contributed by atoms with Crippen LogP contribution in [0.25, 0.3) is 10.9 Å². The highest BCUT2D eigenvalue weighted by molar-refractivity contribution is 5.87. The minimum Gasteiger partial charge on any atom is -0.496 e. The largest absolute Gasteiger partial charge is 0.496 e. The van der Waals surface area contributed by atoms with E-state index in [4.69, 9.17) is 4.74 Å². The van der Waals surface area contributed by atoms with E-state index in [1.54, 1.807) is 18.2 Å². The van der Waals surface area contributed by atoms with Gasteiger partial charge in [-0.25, -0.2) is 4.39 Å². The maximum atomic E-state index is 14.1. The third-order valence-corrected chi connectivity index (χ3v) is 5.47. The third kappa shape index (κ3) is 4.58. The average Bonchev–Trinajstić information content (AvgIpc) is 3.07. The van der Waals surface area contributed by atoms with Crippen LogP contribution >= 0.6 is 0 Å². The number of halogens is 4. The number of ether oxygens (including phenoxy) is 1. The van der Waals surface area contributed by atoms with E-state index in [1.165, 1.54) is 33.1 Å². The smallest absolute Gasteiger partial charge is 0.417 e. The van der Waals surface area contributed by atoms with Crippen molar-refractivity contribution in [1.29, 1.82) is 0 Å².